The number of halogens is 1. The van der Waals surface area contributed by atoms with E-state index in [1.807, 2.05) is 13.8 Å². The number of carboxylic acids is 1. The van der Waals surface area contributed by atoms with Gasteiger partial charge in [-0.15, -0.1) is 0 Å². The SMILES string of the molecule is CC(C)c1cc(O)c(CCC(=O)O)cc1Br. The number of aliphatic carboxylic acids is 1. The molecule has 0 heterocycles. The van der Waals surface area contributed by atoms with Gasteiger partial charge in [0.05, 0.1) is 0 Å². The highest BCUT2D eigenvalue weighted by Gasteiger charge is 2.11. The quantitative estimate of drug-likeness (QED) is 0.893. The Hall–Kier alpha value is -1.03. The van der Waals surface area contributed by atoms with Crippen LogP contribution in [-0.2, 0) is 11.2 Å². The molecule has 0 saturated heterocycles. The summed E-state index contributed by atoms with van der Waals surface area (Å²) in [4.78, 5) is 10.5. The van der Waals surface area contributed by atoms with Crippen LogP contribution in [0.5, 0.6) is 5.75 Å². The third-order valence-corrected chi connectivity index (χ3v) is 3.11. The van der Waals surface area contributed by atoms with Gasteiger partial charge < -0.3 is 10.2 Å². The number of aromatic hydroxyl groups is 1. The summed E-state index contributed by atoms with van der Waals surface area (Å²) in [5.41, 5.74) is 1.69. The molecule has 0 saturated carbocycles. The summed E-state index contributed by atoms with van der Waals surface area (Å²) in [6.45, 7) is 4.08. The van der Waals surface area contributed by atoms with Crippen LogP contribution in [0.25, 0.3) is 0 Å². The molecule has 1 aromatic carbocycles. The van der Waals surface area contributed by atoms with Gasteiger partial charge in [0.1, 0.15) is 5.75 Å². The Morgan fingerprint density at radius 3 is 2.56 bits per heavy atom. The van der Waals surface area contributed by atoms with Gasteiger partial charge in [-0.2, -0.15) is 0 Å². The molecular formula is C12H15BrO3. The number of phenols is 1. The van der Waals surface area contributed by atoms with Crippen LogP contribution in [0.1, 0.15) is 37.3 Å². The molecule has 1 rings (SSSR count). The van der Waals surface area contributed by atoms with Gasteiger partial charge in [0, 0.05) is 10.9 Å². The monoisotopic (exact) mass is 286 g/mol. The normalized spacial score (nSPS) is 10.8. The first-order valence-electron chi connectivity index (χ1n) is 5.15. The molecule has 16 heavy (non-hydrogen) atoms. The van der Waals surface area contributed by atoms with E-state index in [-0.39, 0.29) is 12.2 Å². The second-order valence-corrected chi connectivity index (χ2v) is 4.91. The van der Waals surface area contributed by atoms with E-state index in [4.69, 9.17) is 5.11 Å². The molecule has 0 bridgehead atoms. The fourth-order valence-electron chi connectivity index (χ4n) is 1.50. The number of phenolic OH excluding ortho intramolecular Hbond substituents is 1. The zero-order valence-corrected chi connectivity index (χ0v) is 10.9. The maximum absolute atomic E-state index is 10.5. The molecule has 3 nitrogen and oxygen atoms in total. The zero-order valence-electron chi connectivity index (χ0n) is 9.33. The summed E-state index contributed by atoms with van der Waals surface area (Å²) < 4.78 is 0.917. The molecule has 0 aliphatic heterocycles. The van der Waals surface area contributed by atoms with E-state index in [2.05, 4.69) is 15.9 Å². The number of carbonyl (C=O) groups is 1. The van der Waals surface area contributed by atoms with E-state index in [0.29, 0.717) is 17.9 Å². The van der Waals surface area contributed by atoms with Gasteiger partial charge >= 0.3 is 5.97 Å². The van der Waals surface area contributed by atoms with Crippen molar-refractivity contribution in [2.24, 2.45) is 0 Å². The van der Waals surface area contributed by atoms with E-state index in [0.717, 1.165) is 10.0 Å². The first-order chi connectivity index (χ1) is 7.41. The molecule has 0 unspecified atom stereocenters. The molecule has 0 aliphatic carbocycles. The number of carboxylic acid groups (broad SMARTS) is 1. The standard InChI is InChI=1S/C12H15BrO3/c1-7(2)9-6-11(14)8(5-10(9)13)3-4-12(15)16/h5-7,14H,3-4H2,1-2H3,(H,15,16). The van der Waals surface area contributed by atoms with Crippen LogP contribution in [0.4, 0.5) is 0 Å². The van der Waals surface area contributed by atoms with Crippen molar-refractivity contribution in [2.75, 3.05) is 0 Å². The first-order valence-corrected chi connectivity index (χ1v) is 5.94. The topological polar surface area (TPSA) is 57.5 Å². The summed E-state index contributed by atoms with van der Waals surface area (Å²) in [5.74, 6) is -0.370. The second-order valence-electron chi connectivity index (χ2n) is 4.05. The molecule has 0 aromatic heterocycles. The molecule has 0 fully saturated rings. The van der Waals surface area contributed by atoms with Gasteiger partial charge in [-0.05, 0) is 35.6 Å². The molecule has 4 heteroatoms. The predicted molar refractivity (Wildman–Crippen MR) is 65.9 cm³/mol. The van der Waals surface area contributed by atoms with E-state index in [1.54, 1.807) is 12.1 Å². The maximum atomic E-state index is 10.5. The van der Waals surface area contributed by atoms with Crippen molar-refractivity contribution in [3.05, 3.63) is 27.7 Å². The summed E-state index contributed by atoms with van der Waals surface area (Å²) in [6.07, 6.45) is 0.374. The molecule has 88 valence electrons. The predicted octanol–water partition coefficient (Wildman–Crippen LogP) is 3.30. The Labute approximate surface area is 103 Å². The lowest BCUT2D eigenvalue weighted by Crippen LogP contribution is -1.99. The lowest BCUT2D eigenvalue weighted by Gasteiger charge is -2.12. The van der Waals surface area contributed by atoms with Crippen LogP contribution < -0.4 is 0 Å². The summed E-state index contributed by atoms with van der Waals surface area (Å²) >= 11 is 3.43. The Bertz CT molecular complexity index is 399. The number of aryl methyl sites for hydroxylation is 1. The van der Waals surface area contributed by atoms with Gasteiger partial charge in [0.15, 0.2) is 0 Å². The van der Waals surface area contributed by atoms with Crippen LogP contribution in [-0.4, -0.2) is 16.2 Å². The molecular weight excluding hydrogens is 272 g/mol. The van der Waals surface area contributed by atoms with Gasteiger partial charge in [0.2, 0.25) is 0 Å². The van der Waals surface area contributed by atoms with Crippen LogP contribution in [0.15, 0.2) is 16.6 Å². The largest absolute Gasteiger partial charge is 0.508 e. The highest BCUT2D eigenvalue weighted by Crippen LogP contribution is 2.31. The summed E-state index contributed by atoms with van der Waals surface area (Å²) in [5, 5.41) is 18.3. The minimum Gasteiger partial charge on any atom is -0.508 e. The smallest absolute Gasteiger partial charge is 0.303 e. The van der Waals surface area contributed by atoms with Crippen molar-refractivity contribution in [3.8, 4) is 5.75 Å². The van der Waals surface area contributed by atoms with Crippen LogP contribution in [0.2, 0.25) is 0 Å². The molecule has 2 N–H and O–H groups in total. The Kier molecular flexibility index (Phi) is 4.35. The third-order valence-electron chi connectivity index (χ3n) is 2.43. The number of hydrogen-bond acceptors (Lipinski definition) is 2. The van der Waals surface area contributed by atoms with Crippen molar-refractivity contribution in [1.82, 2.24) is 0 Å². The average Bonchev–Trinajstić information content (AvgIpc) is 2.18. The summed E-state index contributed by atoms with van der Waals surface area (Å²) in [6, 6.07) is 3.50. The second kappa shape index (κ2) is 5.34. The third kappa shape index (κ3) is 3.23. The van der Waals surface area contributed by atoms with Crippen molar-refractivity contribution >= 4 is 21.9 Å². The van der Waals surface area contributed by atoms with Gasteiger partial charge in [-0.3, -0.25) is 4.79 Å². The minimum atomic E-state index is -0.858. The Balaban J connectivity index is 2.96. The fraction of sp³-hybridized carbons (Fsp3) is 0.417. The highest BCUT2D eigenvalue weighted by molar-refractivity contribution is 9.10. The lowest BCUT2D eigenvalue weighted by atomic mass is 9.99. The van der Waals surface area contributed by atoms with Crippen LogP contribution in [0, 0.1) is 0 Å². The highest BCUT2D eigenvalue weighted by atomic mass is 79.9. The van der Waals surface area contributed by atoms with Crippen LogP contribution in [0.3, 0.4) is 0 Å². The summed E-state index contributed by atoms with van der Waals surface area (Å²) in [7, 11) is 0. The first kappa shape index (κ1) is 13.0. The van der Waals surface area contributed by atoms with Crippen molar-refractivity contribution in [2.45, 2.75) is 32.6 Å². The van der Waals surface area contributed by atoms with E-state index >= 15 is 0 Å². The van der Waals surface area contributed by atoms with Gasteiger partial charge in [0.25, 0.3) is 0 Å². The van der Waals surface area contributed by atoms with E-state index < -0.39 is 5.97 Å². The molecule has 1 aromatic rings. The van der Waals surface area contributed by atoms with Gasteiger partial charge in [-0.1, -0.05) is 29.8 Å². The number of hydrogen-bond donors (Lipinski definition) is 2. The Morgan fingerprint density at radius 1 is 1.44 bits per heavy atom. The zero-order chi connectivity index (χ0) is 12.3. The average molecular weight is 287 g/mol. The molecule has 0 spiro atoms. The van der Waals surface area contributed by atoms with Crippen LogP contribution >= 0.6 is 15.9 Å². The fourth-order valence-corrected chi connectivity index (χ4v) is 2.35. The van der Waals surface area contributed by atoms with Crippen molar-refractivity contribution < 1.29 is 15.0 Å². The van der Waals surface area contributed by atoms with Gasteiger partial charge in [-0.25, -0.2) is 0 Å². The number of rotatable bonds is 4. The minimum absolute atomic E-state index is 0.0288. The maximum Gasteiger partial charge on any atom is 0.303 e. The Morgan fingerprint density at radius 2 is 2.06 bits per heavy atom. The molecule has 0 aliphatic rings. The molecule has 0 amide bonds. The van der Waals surface area contributed by atoms with Crippen molar-refractivity contribution in [1.29, 1.82) is 0 Å². The molecule has 0 atom stereocenters. The molecule has 0 radical (unpaired) electrons. The van der Waals surface area contributed by atoms with E-state index in [9.17, 15) is 9.90 Å². The van der Waals surface area contributed by atoms with E-state index in [1.165, 1.54) is 0 Å². The van der Waals surface area contributed by atoms with Crippen molar-refractivity contribution in [3.63, 3.8) is 0 Å². The number of benzene rings is 1. The lowest BCUT2D eigenvalue weighted by molar-refractivity contribution is -0.136.